The van der Waals surface area contributed by atoms with Gasteiger partial charge in [0.1, 0.15) is 0 Å². The van der Waals surface area contributed by atoms with E-state index in [4.69, 9.17) is 0 Å². The smallest absolute Gasteiger partial charge is 0.00944 e. The lowest BCUT2D eigenvalue weighted by Gasteiger charge is -1.97. The highest BCUT2D eigenvalue weighted by atomic mass is 14.0. The molecule has 1 aliphatic rings. The van der Waals surface area contributed by atoms with E-state index in [1.807, 2.05) is 0 Å². The summed E-state index contributed by atoms with van der Waals surface area (Å²) in [5.41, 5.74) is 1.46. The fraction of sp³-hybridized carbons (Fsp3) is 0.600. The Morgan fingerprint density at radius 1 is 1.13 bits per heavy atom. The maximum absolute atomic E-state index is 2.33. The Labute approximate surface area is 94.8 Å². The molecule has 0 atom stereocenters. The van der Waals surface area contributed by atoms with Crippen LogP contribution in [-0.2, 0) is 0 Å². The normalized spacial score (nSPS) is 15.1. The van der Waals surface area contributed by atoms with Gasteiger partial charge in [0.2, 0.25) is 0 Å². The number of unbranched alkanes of at least 4 members (excludes halogenated alkanes) is 6. The van der Waals surface area contributed by atoms with E-state index in [9.17, 15) is 0 Å². The monoisotopic (exact) mass is 204 g/mol. The van der Waals surface area contributed by atoms with Gasteiger partial charge in [-0.2, -0.15) is 0 Å². The second kappa shape index (κ2) is 8.52. The van der Waals surface area contributed by atoms with Crippen LogP contribution in [0.3, 0.4) is 0 Å². The predicted molar refractivity (Wildman–Crippen MR) is 69.0 cm³/mol. The molecule has 0 unspecified atom stereocenters. The van der Waals surface area contributed by atoms with Gasteiger partial charge >= 0.3 is 0 Å². The summed E-state index contributed by atoms with van der Waals surface area (Å²) in [6.45, 7) is 2.27. The second-order valence-electron chi connectivity index (χ2n) is 4.33. The Kier molecular flexibility index (Phi) is 6.98. The minimum Gasteiger partial charge on any atom is -0.0843 e. The molecule has 0 radical (unpaired) electrons. The summed E-state index contributed by atoms with van der Waals surface area (Å²) in [7, 11) is 0. The molecule has 0 aromatic carbocycles. The Bertz CT molecular complexity index is 230. The first-order valence-corrected chi connectivity index (χ1v) is 6.45. The largest absolute Gasteiger partial charge is 0.0843 e. The van der Waals surface area contributed by atoms with E-state index in [1.54, 1.807) is 0 Å². The Morgan fingerprint density at radius 2 is 1.93 bits per heavy atom. The quantitative estimate of drug-likeness (QED) is 0.478. The summed E-state index contributed by atoms with van der Waals surface area (Å²) in [6.07, 6.45) is 21.9. The Morgan fingerprint density at radius 3 is 2.67 bits per heavy atom. The van der Waals surface area contributed by atoms with E-state index in [1.165, 1.54) is 50.5 Å². The topological polar surface area (TPSA) is 0 Å². The molecule has 0 spiro atoms. The Hall–Kier alpha value is -0.780. The highest BCUT2D eigenvalue weighted by Gasteiger charge is 1.92. The highest BCUT2D eigenvalue weighted by Crippen LogP contribution is 2.13. The highest BCUT2D eigenvalue weighted by molar-refractivity contribution is 5.31. The number of allylic oxidation sites excluding steroid dienone is 6. The molecule has 0 saturated heterocycles. The molecular weight excluding hydrogens is 180 g/mol. The molecule has 0 bridgehead atoms. The zero-order valence-electron chi connectivity index (χ0n) is 10.0. The van der Waals surface area contributed by atoms with Gasteiger partial charge in [-0.25, -0.2) is 0 Å². The van der Waals surface area contributed by atoms with Crippen molar-refractivity contribution >= 4 is 0 Å². The lowest BCUT2D eigenvalue weighted by Crippen LogP contribution is -1.78. The maximum atomic E-state index is 2.33. The van der Waals surface area contributed by atoms with E-state index >= 15 is 0 Å². The predicted octanol–water partition coefficient (Wildman–Crippen LogP) is 5.18. The molecule has 0 aliphatic heterocycles. The van der Waals surface area contributed by atoms with Crippen LogP contribution in [0.25, 0.3) is 0 Å². The van der Waals surface area contributed by atoms with Gasteiger partial charge in [0, 0.05) is 0 Å². The van der Waals surface area contributed by atoms with Crippen molar-refractivity contribution in [3.63, 3.8) is 0 Å². The van der Waals surface area contributed by atoms with Crippen molar-refractivity contribution in [3.8, 4) is 0 Å². The first-order chi connectivity index (χ1) is 7.43. The molecule has 0 aromatic rings. The van der Waals surface area contributed by atoms with Gasteiger partial charge in [-0.15, -0.1) is 0 Å². The van der Waals surface area contributed by atoms with Crippen LogP contribution < -0.4 is 0 Å². The van der Waals surface area contributed by atoms with Crippen molar-refractivity contribution < 1.29 is 0 Å². The molecule has 0 heterocycles. The molecule has 1 aliphatic carbocycles. The number of rotatable bonds is 8. The molecule has 0 aromatic heterocycles. The fourth-order valence-corrected chi connectivity index (χ4v) is 1.86. The van der Waals surface area contributed by atoms with E-state index in [0.29, 0.717) is 0 Å². The lowest BCUT2D eigenvalue weighted by atomic mass is 10.1. The van der Waals surface area contributed by atoms with Crippen LogP contribution >= 0.6 is 0 Å². The number of hydrogen-bond acceptors (Lipinski definition) is 0. The minimum absolute atomic E-state index is 1.13. The van der Waals surface area contributed by atoms with E-state index in [2.05, 4.69) is 37.3 Å². The molecule has 0 nitrogen and oxygen atoms in total. The fourth-order valence-electron chi connectivity index (χ4n) is 1.86. The van der Waals surface area contributed by atoms with Crippen LogP contribution in [-0.4, -0.2) is 0 Å². The van der Waals surface area contributed by atoms with Crippen molar-refractivity contribution in [2.75, 3.05) is 0 Å². The summed E-state index contributed by atoms with van der Waals surface area (Å²) < 4.78 is 0. The third-order valence-corrected chi connectivity index (χ3v) is 2.86. The standard InChI is InChI=1S/C15H24/c1-2-3-4-5-6-7-8-9-12-15-13-10-11-14-15/h9-13H,2-8,14H2,1H3. The van der Waals surface area contributed by atoms with Crippen LogP contribution in [0.2, 0.25) is 0 Å². The van der Waals surface area contributed by atoms with Gasteiger partial charge in [-0.05, 0) is 24.8 Å². The van der Waals surface area contributed by atoms with Crippen LogP contribution in [0.4, 0.5) is 0 Å². The van der Waals surface area contributed by atoms with Gasteiger partial charge in [0.05, 0.1) is 0 Å². The second-order valence-corrected chi connectivity index (χ2v) is 4.33. The van der Waals surface area contributed by atoms with Crippen LogP contribution in [0.1, 0.15) is 58.3 Å². The van der Waals surface area contributed by atoms with Crippen molar-refractivity contribution in [2.24, 2.45) is 0 Å². The van der Waals surface area contributed by atoms with Crippen LogP contribution in [0.15, 0.2) is 36.0 Å². The summed E-state index contributed by atoms with van der Waals surface area (Å²) in [4.78, 5) is 0. The summed E-state index contributed by atoms with van der Waals surface area (Å²) in [5, 5.41) is 0. The third kappa shape index (κ3) is 6.33. The van der Waals surface area contributed by atoms with Crippen molar-refractivity contribution in [2.45, 2.75) is 58.3 Å². The third-order valence-electron chi connectivity index (χ3n) is 2.86. The van der Waals surface area contributed by atoms with Gasteiger partial charge in [0.15, 0.2) is 0 Å². The molecule has 0 saturated carbocycles. The molecule has 0 fully saturated rings. The van der Waals surface area contributed by atoms with Crippen LogP contribution in [0, 0.1) is 0 Å². The lowest BCUT2D eigenvalue weighted by molar-refractivity contribution is 0.611. The number of hydrogen-bond donors (Lipinski definition) is 0. The molecule has 0 N–H and O–H groups in total. The summed E-state index contributed by atoms with van der Waals surface area (Å²) in [5.74, 6) is 0. The van der Waals surface area contributed by atoms with Gasteiger partial charge in [0.25, 0.3) is 0 Å². The van der Waals surface area contributed by atoms with Crippen LogP contribution in [0.5, 0.6) is 0 Å². The van der Waals surface area contributed by atoms with E-state index < -0.39 is 0 Å². The molecule has 0 amide bonds. The van der Waals surface area contributed by atoms with E-state index in [0.717, 1.165) is 6.42 Å². The van der Waals surface area contributed by atoms with Gasteiger partial charge in [-0.3, -0.25) is 0 Å². The molecule has 15 heavy (non-hydrogen) atoms. The van der Waals surface area contributed by atoms with E-state index in [-0.39, 0.29) is 0 Å². The van der Waals surface area contributed by atoms with Gasteiger partial charge in [-0.1, -0.05) is 69.4 Å². The summed E-state index contributed by atoms with van der Waals surface area (Å²) >= 11 is 0. The first kappa shape index (κ1) is 12.3. The zero-order valence-corrected chi connectivity index (χ0v) is 10.0. The molecule has 84 valence electrons. The first-order valence-electron chi connectivity index (χ1n) is 6.45. The average Bonchev–Trinajstić information content (AvgIpc) is 2.75. The Balaban J connectivity index is 1.88. The average molecular weight is 204 g/mol. The molecule has 1 rings (SSSR count). The molecular formula is C15H24. The summed E-state index contributed by atoms with van der Waals surface area (Å²) in [6, 6.07) is 0. The van der Waals surface area contributed by atoms with Crippen molar-refractivity contribution in [3.05, 3.63) is 36.0 Å². The SMILES string of the molecule is CCCCCCCCC=CC1=CC=CC1. The minimum atomic E-state index is 1.13. The maximum Gasteiger partial charge on any atom is -0.00944 e. The van der Waals surface area contributed by atoms with Crippen molar-refractivity contribution in [1.29, 1.82) is 0 Å². The van der Waals surface area contributed by atoms with Gasteiger partial charge < -0.3 is 0 Å². The van der Waals surface area contributed by atoms with Crippen molar-refractivity contribution in [1.82, 2.24) is 0 Å². The molecule has 0 heteroatoms. The zero-order chi connectivity index (χ0) is 10.8.